The molecule has 1 aromatic heterocycles. The van der Waals surface area contributed by atoms with Crippen molar-refractivity contribution in [1.29, 1.82) is 5.26 Å². The summed E-state index contributed by atoms with van der Waals surface area (Å²) in [5, 5.41) is 8.82. The summed E-state index contributed by atoms with van der Waals surface area (Å²) in [5.41, 5.74) is 1.74. The van der Waals surface area contributed by atoms with Gasteiger partial charge in [-0.15, -0.1) is 0 Å². The van der Waals surface area contributed by atoms with Gasteiger partial charge in [-0.2, -0.15) is 5.26 Å². The lowest BCUT2D eigenvalue weighted by molar-refractivity contribution is 0.0142. The van der Waals surface area contributed by atoms with Gasteiger partial charge in [0.15, 0.2) is 5.82 Å². The fourth-order valence-electron chi connectivity index (χ4n) is 4.24. The highest BCUT2D eigenvalue weighted by Gasteiger charge is 2.40. The van der Waals surface area contributed by atoms with Crippen LogP contribution in [-0.2, 0) is 11.2 Å². The minimum Gasteiger partial charge on any atom is -0.444 e. The fourth-order valence-corrected chi connectivity index (χ4v) is 4.24. The first kappa shape index (κ1) is 23.7. The van der Waals surface area contributed by atoms with Gasteiger partial charge in [-0.05, 0) is 52.0 Å². The number of amides is 2. The molecule has 0 spiro atoms. The van der Waals surface area contributed by atoms with E-state index in [2.05, 4.69) is 16.0 Å². The highest BCUT2D eigenvalue weighted by molar-refractivity contribution is 5.94. The maximum atomic E-state index is 13.4. The van der Waals surface area contributed by atoms with Crippen LogP contribution in [0.1, 0.15) is 62.4 Å². The van der Waals surface area contributed by atoms with E-state index in [4.69, 9.17) is 10.00 Å². The number of piperidine rings is 1. The monoisotopic (exact) mass is 461 g/mol. The number of likely N-dealkylation sites (tertiary alicyclic amines) is 1. The second-order valence-electron chi connectivity index (χ2n) is 9.97. The fraction of sp³-hybridized carbons (Fsp3) is 0.500. The molecule has 1 aliphatic heterocycles. The van der Waals surface area contributed by atoms with Gasteiger partial charge in [-0.25, -0.2) is 14.8 Å². The van der Waals surface area contributed by atoms with Crippen molar-refractivity contribution in [2.24, 2.45) is 0 Å². The molecule has 8 heteroatoms. The van der Waals surface area contributed by atoms with Crippen LogP contribution < -0.4 is 0 Å². The van der Waals surface area contributed by atoms with Gasteiger partial charge in [0.25, 0.3) is 5.91 Å². The Labute approximate surface area is 200 Å². The normalized spacial score (nSPS) is 16.6. The Balaban J connectivity index is 1.41. The van der Waals surface area contributed by atoms with Crippen molar-refractivity contribution in [2.45, 2.75) is 70.6 Å². The third kappa shape index (κ3) is 5.71. The first-order valence-electron chi connectivity index (χ1n) is 11.8. The van der Waals surface area contributed by atoms with Crippen molar-refractivity contribution in [2.75, 3.05) is 13.1 Å². The van der Waals surface area contributed by atoms with E-state index in [1.165, 1.54) is 0 Å². The molecule has 1 aromatic carbocycles. The van der Waals surface area contributed by atoms with Crippen molar-refractivity contribution in [3.63, 3.8) is 0 Å². The van der Waals surface area contributed by atoms with Gasteiger partial charge >= 0.3 is 6.09 Å². The quantitative estimate of drug-likeness (QED) is 0.661. The summed E-state index contributed by atoms with van der Waals surface area (Å²) in [6.45, 7) is 6.74. The van der Waals surface area contributed by atoms with Crippen LogP contribution in [-0.4, -0.2) is 62.5 Å². The Bertz CT molecular complexity index is 1060. The number of aromatic nitrogens is 2. The third-order valence-corrected chi connectivity index (χ3v) is 6.08. The van der Waals surface area contributed by atoms with E-state index in [1.54, 1.807) is 17.3 Å². The number of nitrogens with zero attached hydrogens (tertiary/aromatic N) is 5. The number of hydrogen-bond donors (Lipinski definition) is 0. The van der Waals surface area contributed by atoms with Gasteiger partial charge < -0.3 is 14.5 Å². The minimum atomic E-state index is -0.519. The summed E-state index contributed by atoms with van der Waals surface area (Å²) in [5.74, 6) is 0.498. The molecular weight excluding hydrogens is 430 g/mol. The molecule has 2 fully saturated rings. The molecular formula is C26H31N5O3. The molecule has 1 aliphatic carbocycles. The predicted molar refractivity (Wildman–Crippen MR) is 127 cm³/mol. The zero-order valence-corrected chi connectivity index (χ0v) is 20.0. The third-order valence-electron chi connectivity index (χ3n) is 6.08. The van der Waals surface area contributed by atoms with E-state index in [-0.39, 0.29) is 24.1 Å². The summed E-state index contributed by atoms with van der Waals surface area (Å²) in [4.78, 5) is 38.4. The van der Waals surface area contributed by atoms with Crippen LogP contribution in [0.25, 0.3) is 11.4 Å². The number of benzene rings is 1. The summed E-state index contributed by atoms with van der Waals surface area (Å²) in [6.07, 6.45) is 6.74. The van der Waals surface area contributed by atoms with Crippen molar-refractivity contribution in [1.82, 2.24) is 19.8 Å². The standard InChI is InChI=1S/C26H31N5O3/c1-26(2,3)34-25(33)30-14-11-22(12-15-30)31(21-8-9-21)24(32)20-16-28-23(29-17-20)19-6-4-18(5-7-19)10-13-27/h4-7,16-17,21-22H,8-12,14-15H2,1-3H3. The van der Waals surface area contributed by atoms with Crippen molar-refractivity contribution in [3.8, 4) is 17.5 Å². The highest BCUT2D eigenvalue weighted by Crippen LogP contribution is 2.33. The van der Waals surface area contributed by atoms with Crippen LogP contribution in [0.3, 0.4) is 0 Å². The number of hydrogen-bond acceptors (Lipinski definition) is 6. The molecule has 178 valence electrons. The highest BCUT2D eigenvalue weighted by atomic mass is 16.6. The Morgan fingerprint density at radius 2 is 1.65 bits per heavy atom. The van der Waals surface area contributed by atoms with Crippen molar-refractivity contribution in [3.05, 3.63) is 47.8 Å². The molecule has 2 heterocycles. The van der Waals surface area contributed by atoms with Crippen LogP contribution in [0.5, 0.6) is 0 Å². The lowest BCUT2D eigenvalue weighted by atomic mass is 10.0. The Morgan fingerprint density at radius 1 is 1.06 bits per heavy atom. The molecule has 2 aromatic rings. The Morgan fingerprint density at radius 3 is 2.18 bits per heavy atom. The van der Waals surface area contributed by atoms with Crippen molar-refractivity contribution < 1.29 is 14.3 Å². The van der Waals surface area contributed by atoms with E-state index in [9.17, 15) is 9.59 Å². The summed E-state index contributed by atoms with van der Waals surface area (Å²) in [6, 6.07) is 10.0. The number of carbonyl (C=O) groups excluding carboxylic acids is 2. The molecule has 0 unspecified atom stereocenters. The van der Waals surface area contributed by atoms with Crippen molar-refractivity contribution >= 4 is 12.0 Å². The average Bonchev–Trinajstić information content (AvgIpc) is 3.64. The molecule has 1 saturated carbocycles. The summed E-state index contributed by atoms with van der Waals surface area (Å²) >= 11 is 0. The van der Waals surface area contributed by atoms with Gasteiger partial charge in [-0.3, -0.25) is 4.79 Å². The molecule has 0 N–H and O–H groups in total. The second kappa shape index (κ2) is 9.80. The molecule has 34 heavy (non-hydrogen) atoms. The van der Waals surface area contributed by atoms with Gasteiger partial charge in [0.05, 0.1) is 18.1 Å². The van der Waals surface area contributed by atoms with E-state index in [1.807, 2.05) is 49.9 Å². The summed E-state index contributed by atoms with van der Waals surface area (Å²) in [7, 11) is 0. The number of nitriles is 1. The number of carbonyl (C=O) groups is 2. The zero-order valence-electron chi connectivity index (χ0n) is 20.0. The van der Waals surface area contributed by atoms with E-state index in [0.29, 0.717) is 30.9 Å². The van der Waals surface area contributed by atoms with Crippen LogP contribution in [0.2, 0.25) is 0 Å². The molecule has 1 saturated heterocycles. The van der Waals surface area contributed by atoms with E-state index >= 15 is 0 Å². The minimum absolute atomic E-state index is 0.0471. The molecule has 2 amide bonds. The lowest BCUT2D eigenvalue weighted by Gasteiger charge is -2.39. The molecule has 4 rings (SSSR count). The molecule has 0 atom stereocenters. The lowest BCUT2D eigenvalue weighted by Crippen LogP contribution is -2.50. The number of ether oxygens (including phenoxy) is 1. The first-order valence-corrected chi connectivity index (χ1v) is 11.8. The average molecular weight is 462 g/mol. The SMILES string of the molecule is CC(C)(C)OC(=O)N1CCC(N(C(=O)c2cnc(-c3ccc(CC#N)cc3)nc2)C2CC2)CC1. The van der Waals surface area contributed by atoms with Gasteiger partial charge in [0, 0.05) is 43.1 Å². The zero-order chi connectivity index (χ0) is 24.3. The van der Waals surface area contributed by atoms with E-state index in [0.717, 1.165) is 36.8 Å². The smallest absolute Gasteiger partial charge is 0.410 e. The predicted octanol–water partition coefficient (Wildman–Crippen LogP) is 4.21. The Kier molecular flexibility index (Phi) is 6.82. The maximum absolute atomic E-state index is 13.4. The second-order valence-corrected chi connectivity index (χ2v) is 9.97. The van der Waals surface area contributed by atoms with E-state index < -0.39 is 5.60 Å². The summed E-state index contributed by atoms with van der Waals surface area (Å²) < 4.78 is 5.49. The van der Waals surface area contributed by atoms with Crippen LogP contribution in [0.4, 0.5) is 4.79 Å². The molecule has 0 radical (unpaired) electrons. The maximum Gasteiger partial charge on any atom is 0.410 e. The van der Waals surface area contributed by atoms with Crippen LogP contribution in [0, 0.1) is 11.3 Å². The first-order chi connectivity index (χ1) is 16.2. The van der Waals surface area contributed by atoms with Gasteiger partial charge in [-0.1, -0.05) is 24.3 Å². The topological polar surface area (TPSA) is 99.4 Å². The van der Waals surface area contributed by atoms with Crippen LogP contribution in [0.15, 0.2) is 36.7 Å². The number of rotatable bonds is 5. The van der Waals surface area contributed by atoms with Gasteiger partial charge in [0.2, 0.25) is 0 Å². The molecule has 0 bridgehead atoms. The largest absolute Gasteiger partial charge is 0.444 e. The Hall–Kier alpha value is -3.47. The van der Waals surface area contributed by atoms with Crippen LogP contribution >= 0.6 is 0 Å². The molecule has 2 aliphatic rings. The van der Waals surface area contributed by atoms with Gasteiger partial charge in [0.1, 0.15) is 5.60 Å². The molecule has 8 nitrogen and oxygen atoms in total.